The first-order chi connectivity index (χ1) is 16.4. The summed E-state index contributed by atoms with van der Waals surface area (Å²) >= 11 is 0. The average molecular weight is 517 g/mol. The van der Waals surface area contributed by atoms with E-state index in [0.717, 1.165) is 35.7 Å². The average Bonchev–Trinajstić information content (AvgIpc) is 3.33. The monoisotopic (exact) mass is 516 g/mol. The van der Waals surface area contributed by atoms with Gasteiger partial charge in [0.1, 0.15) is 6.67 Å². The van der Waals surface area contributed by atoms with Crippen molar-refractivity contribution in [3.63, 3.8) is 0 Å². The second-order valence-corrected chi connectivity index (χ2v) is 12.0. The Hall–Kier alpha value is -2.05. The molecule has 2 unspecified atom stereocenters. The van der Waals surface area contributed by atoms with Crippen molar-refractivity contribution in [1.29, 1.82) is 0 Å². The van der Waals surface area contributed by atoms with Crippen LogP contribution in [0.15, 0.2) is 12.1 Å². The number of ether oxygens (including phenoxy) is 1. The Kier molecular flexibility index (Phi) is 5.99. The molecule has 2 atom stereocenters. The van der Waals surface area contributed by atoms with E-state index < -0.39 is 27.4 Å². The molecular weight excluding hydrogens is 485 g/mol. The van der Waals surface area contributed by atoms with Crippen molar-refractivity contribution >= 4 is 27.5 Å². The molecule has 12 heteroatoms. The molecule has 2 N–H and O–H groups in total. The number of carbonyl (C=O) groups excluding carboxylic acids is 1. The Bertz CT molecular complexity index is 1120. The molecular formula is C23H31F3N4O4S. The van der Waals surface area contributed by atoms with Crippen LogP contribution in [-0.2, 0) is 32.5 Å². The number of nitrogens with one attached hydrogen (secondary N) is 2. The fraction of sp³-hybridized carbons (Fsp3) is 0.696. The molecule has 8 nitrogen and oxygen atoms in total. The van der Waals surface area contributed by atoms with Crippen LogP contribution in [0.1, 0.15) is 57.1 Å². The lowest BCUT2D eigenvalue weighted by Crippen LogP contribution is -2.53. The third-order valence-corrected chi connectivity index (χ3v) is 9.37. The number of halogens is 3. The quantitative estimate of drug-likeness (QED) is 0.640. The van der Waals surface area contributed by atoms with Gasteiger partial charge in [0, 0.05) is 31.8 Å². The maximum Gasteiger partial charge on any atom is 0.416 e. The smallest absolute Gasteiger partial charge is 0.381 e. The molecule has 4 aliphatic rings. The Balaban J connectivity index is 1.42. The highest BCUT2D eigenvalue weighted by atomic mass is 32.2. The minimum atomic E-state index is -4.63. The van der Waals surface area contributed by atoms with Crippen molar-refractivity contribution in [2.45, 2.75) is 70.8 Å². The first-order valence-corrected chi connectivity index (χ1v) is 13.5. The molecule has 3 aliphatic heterocycles. The van der Waals surface area contributed by atoms with Crippen molar-refractivity contribution < 1.29 is 31.1 Å². The Morgan fingerprint density at radius 1 is 1.20 bits per heavy atom. The summed E-state index contributed by atoms with van der Waals surface area (Å²) in [7, 11) is -4.09. The molecule has 1 aliphatic carbocycles. The van der Waals surface area contributed by atoms with Gasteiger partial charge in [0.25, 0.3) is 0 Å². The zero-order valence-electron chi connectivity index (χ0n) is 19.8. The molecule has 1 saturated heterocycles. The molecule has 5 rings (SSSR count). The van der Waals surface area contributed by atoms with E-state index in [1.165, 1.54) is 4.90 Å². The van der Waals surface area contributed by atoms with Crippen molar-refractivity contribution in [2.24, 2.45) is 11.3 Å². The van der Waals surface area contributed by atoms with E-state index in [9.17, 15) is 26.4 Å². The summed E-state index contributed by atoms with van der Waals surface area (Å²) in [5, 5.41) is 3.67. The summed E-state index contributed by atoms with van der Waals surface area (Å²) in [5.41, 5.74) is -1.36. The van der Waals surface area contributed by atoms with Gasteiger partial charge in [-0.25, -0.2) is 4.31 Å². The number of hydrogen-bond acceptors (Lipinski definition) is 5. The molecule has 3 heterocycles. The number of rotatable bonds is 4. The Labute approximate surface area is 203 Å². The van der Waals surface area contributed by atoms with Crippen LogP contribution in [0.4, 0.5) is 24.5 Å². The number of benzene rings is 1. The summed E-state index contributed by atoms with van der Waals surface area (Å²) in [6, 6.07) is 2.27. The lowest BCUT2D eigenvalue weighted by molar-refractivity contribution is -0.145. The van der Waals surface area contributed by atoms with Crippen molar-refractivity contribution in [1.82, 2.24) is 10.2 Å². The summed E-state index contributed by atoms with van der Waals surface area (Å²) in [5.74, 6) is -0.209. The number of nitrogens with zero attached hydrogens (tertiary/aromatic N) is 2. The molecule has 0 aromatic heterocycles. The van der Waals surface area contributed by atoms with Gasteiger partial charge in [-0.15, -0.1) is 0 Å². The number of anilines is 2. The van der Waals surface area contributed by atoms with Gasteiger partial charge in [-0.3, -0.25) is 9.52 Å². The SMILES string of the molecule is CC(C)C1(C(=O)N2Cc3cc(C(F)(F)F)cc4c3N(C2)S(=O)(=O)N4)CCC(NC2CCOCC2)C1. The van der Waals surface area contributed by atoms with Gasteiger partial charge in [0.05, 0.1) is 22.4 Å². The van der Waals surface area contributed by atoms with Gasteiger partial charge in [-0.05, 0) is 55.7 Å². The van der Waals surface area contributed by atoms with Crippen LogP contribution >= 0.6 is 0 Å². The van der Waals surface area contributed by atoms with Gasteiger partial charge < -0.3 is 15.0 Å². The van der Waals surface area contributed by atoms with E-state index in [1.54, 1.807) is 0 Å². The lowest BCUT2D eigenvalue weighted by Gasteiger charge is -2.41. The maximum atomic E-state index is 14.0. The zero-order chi connectivity index (χ0) is 25.2. The van der Waals surface area contributed by atoms with Crippen molar-refractivity contribution in [3.05, 3.63) is 23.3 Å². The topological polar surface area (TPSA) is 91.0 Å². The van der Waals surface area contributed by atoms with Crippen LogP contribution in [0.3, 0.4) is 0 Å². The van der Waals surface area contributed by atoms with Crippen molar-refractivity contribution in [3.8, 4) is 0 Å². The minimum absolute atomic E-state index is 0.0109. The van der Waals surface area contributed by atoms with Crippen LogP contribution in [-0.4, -0.2) is 51.2 Å². The molecule has 35 heavy (non-hydrogen) atoms. The van der Waals surface area contributed by atoms with E-state index >= 15 is 0 Å². The predicted octanol–water partition coefficient (Wildman–Crippen LogP) is 3.45. The van der Waals surface area contributed by atoms with E-state index in [2.05, 4.69) is 10.0 Å². The van der Waals surface area contributed by atoms with Crippen LogP contribution in [0.25, 0.3) is 0 Å². The lowest BCUT2D eigenvalue weighted by atomic mass is 9.74. The van der Waals surface area contributed by atoms with Crippen LogP contribution in [0.2, 0.25) is 0 Å². The molecule has 1 aromatic rings. The normalized spacial score (nSPS) is 28.3. The first kappa shape index (κ1) is 24.6. The standard InChI is InChI=1S/C23H31F3N4O4S/c1-14(2)22(6-3-18(11-22)27-17-4-7-34-8-5-17)21(31)29-12-15-9-16(23(24,25)26)10-19-20(15)30(13-29)35(32,33)28-19/h9-10,14,17-18,27-28H,3-8,11-13H2,1-2H3. The number of alkyl halides is 3. The first-order valence-electron chi connectivity index (χ1n) is 12.1. The van der Waals surface area contributed by atoms with Gasteiger partial charge in [0.15, 0.2) is 0 Å². The summed E-state index contributed by atoms with van der Waals surface area (Å²) < 4.78 is 74.7. The van der Waals surface area contributed by atoms with E-state index in [4.69, 9.17) is 4.74 Å². The second kappa shape index (κ2) is 8.52. The second-order valence-electron chi connectivity index (χ2n) is 10.4. The molecule has 194 valence electrons. The number of amides is 1. The molecule has 1 amide bonds. The number of hydrogen-bond donors (Lipinski definition) is 2. The highest BCUT2D eigenvalue weighted by molar-refractivity contribution is 7.94. The molecule has 0 radical (unpaired) electrons. The van der Waals surface area contributed by atoms with E-state index in [1.807, 2.05) is 13.8 Å². The molecule has 0 spiro atoms. The van der Waals surface area contributed by atoms with Crippen molar-refractivity contribution in [2.75, 3.05) is 28.9 Å². The predicted molar refractivity (Wildman–Crippen MR) is 124 cm³/mol. The molecule has 1 aromatic carbocycles. The maximum absolute atomic E-state index is 14.0. The molecule has 2 fully saturated rings. The van der Waals surface area contributed by atoms with Gasteiger partial charge >= 0.3 is 16.4 Å². The van der Waals surface area contributed by atoms with Crippen LogP contribution in [0.5, 0.6) is 0 Å². The van der Waals surface area contributed by atoms with E-state index in [-0.39, 0.29) is 48.0 Å². The van der Waals surface area contributed by atoms with Gasteiger partial charge in [-0.2, -0.15) is 21.6 Å². The molecule has 0 bridgehead atoms. The summed E-state index contributed by atoms with van der Waals surface area (Å²) in [4.78, 5) is 15.4. The summed E-state index contributed by atoms with van der Waals surface area (Å²) in [6.07, 6.45) is -0.713. The zero-order valence-corrected chi connectivity index (χ0v) is 20.6. The highest BCUT2D eigenvalue weighted by Crippen LogP contribution is 2.49. The largest absolute Gasteiger partial charge is 0.416 e. The Morgan fingerprint density at radius 3 is 2.57 bits per heavy atom. The Morgan fingerprint density at radius 2 is 1.91 bits per heavy atom. The third-order valence-electron chi connectivity index (χ3n) is 8.02. The van der Waals surface area contributed by atoms with Crippen LogP contribution < -0.4 is 14.3 Å². The molecule has 1 saturated carbocycles. The summed E-state index contributed by atoms with van der Waals surface area (Å²) in [6.45, 7) is 5.12. The fourth-order valence-corrected chi connectivity index (χ4v) is 7.35. The number of carbonyl (C=O) groups is 1. The van der Waals surface area contributed by atoms with E-state index in [0.29, 0.717) is 32.1 Å². The van der Waals surface area contributed by atoms with Crippen LogP contribution in [0, 0.1) is 11.3 Å². The van der Waals surface area contributed by atoms with Gasteiger partial charge in [0.2, 0.25) is 5.91 Å². The van der Waals surface area contributed by atoms with Gasteiger partial charge in [-0.1, -0.05) is 13.8 Å². The minimum Gasteiger partial charge on any atom is -0.381 e. The highest BCUT2D eigenvalue weighted by Gasteiger charge is 2.52. The third kappa shape index (κ3) is 4.27. The fourth-order valence-electron chi connectivity index (χ4n) is 6.05.